The highest BCUT2D eigenvalue weighted by Gasteiger charge is 2.13. The average Bonchev–Trinajstić information content (AvgIpc) is 2.35. The molecule has 0 radical (unpaired) electrons. The molecule has 98 valence electrons. The van der Waals surface area contributed by atoms with E-state index in [4.69, 9.17) is 11.6 Å². The van der Waals surface area contributed by atoms with Crippen LogP contribution in [0.1, 0.15) is 15.9 Å². The Morgan fingerprint density at radius 2 is 2.00 bits per heavy atom. The van der Waals surface area contributed by atoms with Crippen molar-refractivity contribution in [1.82, 2.24) is 0 Å². The van der Waals surface area contributed by atoms with Crippen LogP contribution in [0.3, 0.4) is 0 Å². The van der Waals surface area contributed by atoms with E-state index in [0.29, 0.717) is 10.7 Å². The highest BCUT2D eigenvalue weighted by Crippen LogP contribution is 2.23. The van der Waals surface area contributed by atoms with Gasteiger partial charge in [0.05, 0.1) is 11.3 Å². The predicted molar refractivity (Wildman–Crippen MR) is 83.3 cm³/mol. The summed E-state index contributed by atoms with van der Waals surface area (Å²) in [5.74, 6) is -1.01. The zero-order valence-corrected chi connectivity index (χ0v) is 12.9. The molecular weight excluding hydrogens is 380 g/mol. The molecule has 0 spiro atoms. The van der Waals surface area contributed by atoms with Crippen LogP contribution in [0.25, 0.3) is 0 Å². The molecule has 0 unspecified atom stereocenters. The number of hydrogen-bond acceptors (Lipinski definition) is 1. The molecule has 0 atom stereocenters. The van der Waals surface area contributed by atoms with Crippen molar-refractivity contribution in [1.29, 1.82) is 0 Å². The van der Waals surface area contributed by atoms with E-state index in [-0.39, 0.29) is 5.56 Å². The monoisotopic (exact) mass is 389 g/mol. The quantitative estimate of drug-likeness (QED) is 0.745. The molecule has 2 nitrogen and oxygen atoms in total. The maximum atomic E-state index is 13.6. The highest BCUT2D eigenvalue weighted by molar-refractivity contribution is 14.1. The van der Waals surface area contributed by atoms with Gasteiger partial charge in [-0.05, 0) is 59.8 Å². The van der Waals surface area contributed by atoms with E-state index in [2.05, 4.69) is 27.9 Å². The Bertz CT molecular complexity index is 645. The topological polar surface area (TPSA) is 29.1 Å². The van der Waals surface area contributed by atoms with E-state index in [1.54, 1.807) is 24.3 Å². The van der Waals surface area contributed by atoms with E-state index in [9.17, 15) is 9.18 Å². The van der Waals surface area contributed by atoms with Gasteiger partial charge < -0.3 is 5.32 Å². The number of amides is 1. The molecule has 0 aliphatic heterocycles. The van der Waals surface area contributed by atoms with Crippen LogP contribution in [0, 0.1) is 16.3 Å². The molecule has 0 aliphatic carbocycles. The molecule has 2 aromatic rings. The lowest BCUT2D eigenvalue weighted by molar-refractivity contribution is 0.102. The van der Waals surface area contributed by atoms with Gasteiger partial charge in [-0.2, -0.15) is 0 Å². The maximum absolute atomic E-state index is 13.6. The first-order chi connectivity index (χ1) is 8.97. The molecule has 0 saturated carbocycles. The minimum atomic E-state index is -0.535. The number of benzene rings is 2. The molecule has 19 heavy (non-hydrogen) atoms. The SMILES string of the molecule is Cc1ccc(F)c(C(=O)Nc2ccc(Cl)cc2I)c1. The van der Waals surface area contributed by atoms with Gasteiger partial charge in [-0.15, -0.1) is 0 Å². The van der Waals surface area contributed by atoms with E-state index in [0.717, 1.165) is 9.13 Å². The van der Waals surface area contributed by atoms with Crippen LogP contribution in [0.5, 0.6) is 0 Å². The van der Waals surface area contributed by atoms with Crippen LogP contribution in [-0.4, -0.2) is 5.91 Å². The minimum Gasteiger partial charge on any atom is -0.321 e. The summed E-state index contributed by atoms with van der Waals surface area (Å²) in [6.07, 6.45) is 0. The van der Waals surface area contributed by atoms with E-state index in [1.165, 1.54) is 12.1 Å². The summed E-state index contributed by atoms with van der Waals surface area (Å²) < 4.78 is 14.4. The van der Waals surface area contributed by atoms with Gasteiger partial charge in [0.2, 0.25) is 0 Å². The number of halogens is 3. The van der Waals surface area contributed by atoms with Crippen molar-refractivity contribution in [3.05, 3.63) is 61.9 Å². The smallest absolute Gasteiger partial charge is 0.258 e. The molecule has 0 bridgehead atoms. The summed E-state index contributed by atoms with van der Waals surface area (Å²) in [5.41, 5.74) is 1.47. The minimum absolute atomic E-state index is 0.0331. The summed E-state index contributed by atoms with van der Waals surface area (Å²) in [6, 6.07) is 9.52. The Morgan fingerprint density at radius 1 is 1.26 bits per heavy atom. The van der Waals surface area contributed by atoms with E-state index < -0.39 is 11.7 Å². The van der Waals surface area contributed by atoms with Crippen molar-refractivity contribution in [2.75, 3.05) is 5.32 Å². The van der Waals surface area contributed by atoms with Crippen molar-refractivity contribution in [3.8, 4) is 0 Å². The number of carbonyl (C=O) groups excluding carboxylic acids is 1. The van der Waals surface area contributed by atoms with Gasteiger partial charge >= 0.3 is 0 Å². The second kappa shape index (κ2) is 5.88. The summed E-state index contributed by atoms with van der Waals surface area (Å²) in [7, 11) is 0. The third-order valence-corrected chi connectivity index (χ3v) is 3.67. The molecule has 1 N–H and O–H groups in total. The third kappa shape index (κ3) is 3.45. The number of carbonyl (C=O) groups is 1. The second-order valence-electron chi connectivity index (χ2n) is 4.06. The fourth-order valence-electron chi connectivity index (χ4n) is 1.59. The molecule has 0 aliphatic rings. The molecular formula is C14H10ClFINO. The van der Waals surface area contributed by atoms with Crippen molar-refractivity contribution in [2.24, 2.45) is 0 Å². The number of anilines is 1. The normalized spacial score (nSPS) is 10.3. The molecule has 5 heteroatoms. The first kappa shape index (κ1) is 14.3. The van der Waals surface area contributed by atoms with Gasteiger partial charge in [0, 0.05) is 8.59 Å². The Labute approximate surface area is 129 Å². The van der Waals surface area contributed by atoms with Crippen molar-refractivity contribution in [2.45, 2.75) is 6.92 Å². The molecule has 0 heterocycles. The fraction of sp³-hybridized carbons (Fsp3) is 0.0714. The molecule has 0 aromatic heterocycles. The molecule has 0 saturated heterocycles. The largest absolute Gasteiger partial charge is 0.321 e. The van der Waals surface area contributed by atoms with Crippen LogP contribution in [0.2, 0.25) is 5.02 Å². The van der Waals surface area contributed by atoms with Gasteiger partial charge in [0.25, 0.3) is 5.91 Å². The number of nitrogens with one attached hydrogen (secondary N) is 1. The van der Waals surface area contributed by atoms with Crippen LogP contribution < -0.4 is 5.32 Å². The summed E-state index contributed by atoms with van der Waals surface area (Å²) in [4.78, 5) is 12.0. The van der Waals surface area contributed by atoms with Crippen molar-refractivity contribution < 1.29 is 9.18 Å². The van der Waals surface area contributed by atoms with Gasteiger partial charge in [-0.3, -0.25) is 4.79 Å². The van der Waals surface area contributed by atoms with Gasteiger partial charge in [-0.25, -0.2) is 4.39 Å². The van der Waals surface area contributed by atoms with Crippen molar-refractivity contribution in [3.63, 3.8) is 0 Å². The summed E-state index contributed by atoms with van der Waals surface area (Å²) in [6.45, 7) is 1.81. The number of hydrogen-bond donors (Lipinski definition) is 1. The Hall–Kier alpha value is -1.14. The van der Waals surface area contributed by atoms with Gasteiger partial charge in [0.1, 0.15) is 5.82 Å². The lowest BCUT2D eigenvalue weighted by atomic mass is 10.1. The standard InChI is InChI=1S/C14H10ClFINO/c1-8-2-4-11(16)10(6-8)14(19)18-13-5-3-9(15)7-12(13)17/h2-7H,1H3,(H,18,19). The summed E-state index contributed by atoms with van der Waals surface area (Å²) in [5, 5.41) is 3.26. The number of rotatable bonds is 2. The third-order valence-electron chi connectivity index (χ3n) is 2.55. The van der Waals surface area contributed by atoms with Crippen LogP contribution in [0.4, 0.5) is 10.1 Å². The van der Waals surface area contributed by atoms with E-state index in [1.807, 2.05) is 6.92 Å². The zero-order chi connectivity index (χ0) is 14.0. The van der Waals surface area contributed by atoms with Crippen LogP contribution >= 0.6 is 34.2 Å². The lowest BCUT2D eigenvalue weighted by Crippen LogP contribution is -2.14. The van der Waals surface area contributed by atoms with Gasteiger partial charge in [-0.1, -0.05) is 23.2 Å². The zero-order valence-electron chi connectivity index (χ0n) is 10.0. The Kier molecular flexibility index (Phi) is 4.42. The second-order valence-corrected chi connectivity index (χ2v) is 5.66. The van der Waals surface area contributed by atoms with Crippen LogP contribution in [0.15, 0.2) is 36.4 Å². The summed E-state index contributed by atoms with van der Waals surface area (Å²) >= 11 is 7.90. The Morgan fingerprint density at radius 3 is 2.68 bits per heavy atom. The van der Waals surface area contributed by atoms with E-state index >= 15 is 0 Å². The predicted octanol–water partition coefficient (Wildman–Crippen LogP) is 4.64. The maximum Gasteiger partial charge on any atom is 0.258 e. The average molecular weight is 390 g/mol. The first-order valence-electron chi connectivity index (χ1n) is 5.50. The highest BCUT2D eigenvalue weighted by atomic mass is 127. The number of aryl methyl sites for hydroxylation is 1. The molecule has 2 aromatic carbocycles. The molecule has 0 fully saturated rings. The van der Waals surface area contributed by atoms with Crippen LogP contribution in [-0.2, 0) is 0 Å². The lowest BCUT2D eigenvalue weighted by Gasteiger charge is -2.09. The van der Waals surface area contributed by atoms with Crippen molar-refractivity contribution >= 4 is 45.8 Å². The molecule has 2 rings (SSSR count). The van der Waals surface area contributed by atoms with Gasteiger partial charge in [0.15, 0.2) is 0 Å². The Balaban J connectivity index is 2.28. The fourth-order valence-corrected chi connectivity index (χ4v) is 2.60. The first-order valence-corrected chi connectivity index (χ1v) is 6.95. The molecule has 1 amide bonds.